The van der Waals surface area contributed by atoms with Gasteiger partial charge in [-0.1, -0.05) is 42.5 Å². The maximum atomic E-state index is 14.2. The van der Waals surface area contributed by atoms with E-state index >= 15 is 0 Å². The molecule has 2 unspecified atom stereocenters. The zero-order valence-electron chi connectivity index (χ0n) is 23.7. The van der Waals surface area contributed by atoms with Crippen molar-refractivity contribution in [2.45, 2.75) is 91.0 Å². The fourth-order valence-electron chi connectivity index (χ4n) is 4.56. The number of alkyl carbamates (subject to hydrolysis) is 1. The Labute approximate surface area is 230 Å². The third kappa shape index (κ3) is 8.05. The second-order valence-corrected chi connectivity index (χ2v) is 11.2. The predicted molar refractivity (Wildman–Crippen MR) is 150 cm³/mol. The minimum Gasteiger partial charge on any atom is -0.444 e. The molecule has 0 saturated heterocycles. The van der Waals surface area contributed by atoms with Crippen molar-refractivity contribution in [3.05, 3.63) is 64.7 Å². The predicted octanol–water partition coefficient (Wildman–Crippen LogP) is 4.44. The lowest BCUT2D eigenvalue weighted by Gasteiger charge is -2.35. The summed E-state index contributed by atoms with van der Waals surface area (Å²) < 4.78 is 5.38. The molecule has 210 valence electrons. The molecule has 3 rings (SSSR count). The van der Waals surface area contributed by atoms with E-state index in [1.54, 1.807) is 25.7 Å². The van der Waals surface area contributed by atoms with Gasteiger partial charge in [0.15, 0.2) is 0 Å². The van der Waals surface area contributed by atoms with Crippen LogP contribution in [-0.2, 0) is 19.1 Å². The van der Waals surface area contributed by atoms with E-state index in [0.717, 1.165) is 29.5 Å². The zero-order chi connectivity index (χ0) is 28.9. The van der Waals surface area contributed by atoms with Gasteiger partial charge in [-0.2, -0.15) is 0 Å². The molecule has 1 saturated carbocycles. The van der Waals surface area contributed by atoms with Crippen LogP contribution < -0.4 is 16.4 Å². The maximum absolute atomic E-state index is 14.2. The van der Waals surface area contributed by atoms with Gasteiger partial charge in [-0.15, -0.1) is 0 Å². The lowest BCUT2D eigenvalue weighted by atomic mass is 9.97. The topological polar surface area (TPSA) is 131 Å². The van der Waals surface area contributed by atoms with Gasteiger partial charge in [0, 0.05) is 18.2 Å². The fourth-order valence-corrected chi connectivity index (χ4v) is 4.56. The Hall–Kier alpha value is -3.88. The van der Waals surface area contributed by atoms with Gasteiger partial charge in [-0.25, -0.2) is 4.79 Å². The molecule has 0 radical (unpaired) electrons. The highest BCUT2D eigenvalue weighted by Crippen LogP contribution is 2.37. The average molecular weight is 537 g/mol. The van der Waals surface area contributed by atoms with E-state index in [-0.39, 0.29) is 24.8 Å². The molecule has 9 heteroatoms. The van der Waals surface area contributed by atoms with Gasteiger partial charge >= 0.3 is 6.09 Å². The number of amides is 4. The van der Waals surface area contributed by atoms with Gasteiger partial charge in [0.2, 0.25) is 11.8 Å². The van der Waals surface area contributed by atoms with E-state index in [1.807, 2.05) is 63.2 Å². The largest absolute Gasteiger partial charge is 0.444 e. The van der Waals surface area contributed by atoms with Crippen LogP contribution in [-0.4, -0.2) is 46.4 Å². The van der Waals surface area contributed by atoms with E-state index < -0.39 is 35.6 Å². The molecular formula is C30H40N4O5. The summed E-state index contributed by atoms with van der Waals surface area (Å²) in [6.45, 7) is 10.9. The third-order valence-electron chi connectivity index (χ3n) is 6.60. The minimum atomic E-state index is -1.10. The van der Waals surface area contributed by atoms with Crippen LogP contribution in [0.2, 0.25) is 0 Å². The summed E-state index contributed by atoms with van der Waals surface area (Å²) in [5.74, 6) is -1.41. The van der Waals surface area contributed by atoms with Crippen molar-refractivity contribution < 1.29 is 23.9 Å². The molecule has 2 atom stereocenters. The highest BCUT2D eigenvalue weighted by Gasteiger charge is 2.44. The van der Waals surface area contributed by atoms with E-state index in [0.29, 0.717) is 11.3 Å². The van der Waals surface area contributed by atoms with Crippen molar-refractivity contribution in [2.75, 3.05) is 5.32 Å². The number of hydrogen-bond acceptors (Lipinski definition) is 5. The smallest absolute Gasteiger partial charge is 0.408 e. The Balaban J connectivity index is 2.03. The van der Waals surface area contributed by atoms with E-state index in [4.69, 9.17) is 10.5 Å². The van der Waals surface area contributed by atoms with Crippen LogP contribution in [0.5, 0.6) is 0 Å². The van der Waals surface area contributed by atoms with Crippen molar-refractivity contribution in [3.8, 4) is 0 Å². The van der Waals surface area contributed by atoms with Crippen LogP contribution in [0.3, 0.4) is 0 Å². The number of nitrogens with one attached hydrogen (secondary N) is 2. The quantitative estimate of drug-likeness (QED) is 0.413. The van der Waals surface area contributed by atoms with Crippen LogP contribution in [0.25, 0.3) is 0 Å². The van der Waals surface area contributed by atoms with Gasteiger partial charge < -0.3 is 26.0 Å². The summed E-state index contributed by atoms with van der Waals surface area (Å²) in [4.78, 5) is 54.1. The number of carbonyl (C=O) groups is 4. The number of nitrogens with zero attached hydrogens (tertiary/aromatic N) is 1. The van der Waals surface area contributed by atoms with Crippen molar-refractivity contribution in [3.63, 3.8) is 0 Å². The SMILES string of the molecule is Cc1ccccc1C(C(=O)Nc1c(C)cccc1C)N(C(=O)C(CCC(N)=O)NC(=O)OC(C)(C)C)C1CC1. The molecule has 0 spiro atoms. The molecule has 1 fully saturated rings. The van der Waals surface area contributed by atoms with Crippen LogP contribution in [0.1, 0.15) is 74.8 Å². The number of ether oxygens (including phenoxy) is 1. The first-order valence-corrected chi connectivity index (χ1v) is 13.3. The average Bonchev–Trinajstić information content (AvgIpc) is 3.66. The minimum absolute atomic E-state index is 0.0182. The second kappa shape index (κ2) is 12.3. The molecule has 2 aromatic carbocycles. The van der Waals surface area contributed by atoms with Gasteiger partial charge in [0.1, 0.15) is 17.7 Å². The van der Waals surface area contributed by atoms with Crippen molar-refractivity contribution in [1.82, 2.24) is 10.2 Å². The Morgan fingerprint density at radius 2 is 1.56 bits per heavy atom. The fraction of sp³-hybridized carbons (Fsp3) is 0.467. The van der Waals surface area contributed by atoms with Crippen LogP contribution in [0.15, 0.2) is 42.5 Å². The third-order valence-corrected chi connectivity index (χ3v) is 6.60. The summed E-state index contributed by atoms with van der Waals surface area (Å²) in [6.07, 6.45) is 0.525. The first kappa shape index (κ1) is 29.7. The molecule has 0 aromatic heterocycles. The van der Waals surface area contributed by atoms with Crippen LogP contribution >= 0.6 is 0 Å². The molecular weight excluding hydrogens is 496 g/mol. The molecule has 4 N–H and O–H groups in total. The molecule has 0 aliphatic heterocycles. The Morgan fingerprint density at radius 1 is 0.974 bits per heavy atom. The molecule has 2 aromatic rings. The Morgan fingerprint density at radius 3 is 2.10 bits per heavy atom. The van der Waals surface area contributed by atoms with Crippen LogP contribution in [0.4, 0.5) is 10.5 Å². The number of carbonyl (C=O) groups excluding carboxylic acids is 4. The number of rotatable bonds is 10. The number of primary amides is 1. The molecule has 1 aliphatic rings. The number of nitrogens with two attached hydrogens (primary N) is 1. The molecule has 1 aliphatic carbocycles. The lowest BCUT2D eigenvalue weighted by Crippen LogP contribution is -2.53. The zero-order valence-corrected chi connectivity index (χ0v) is 23.7. The Kier molecular flexibility index (Phi) is 9.37. The summed E-state index contributed by atoms with van der Waals surface area (Å²) in [6, 6.07) is 10.9. The molecule has 39 heavy (non-hydrogen) atoms. The second-order valence-electron chi connectivity index (χ2n) is 11.2. The van der Waals surface area contributed by atoms with E-state index in [1.165, 1.54) is 0 Å². The van der Waals surface area contributed by atoms with Gasteiger partial charge in [0.25, 0.3) is 5.91 Å². The van der Waals surface area contributed by atoms with Crippen molar-refractivity contribution >= 4 is 29.5 Å². The lowest BCUT2D eigenvalue weighted by molar-refractivity contribution is -0.141. The highest BCUT2D eigenvalue weighted by atomic mass is 16.6. The number of aryl methyl sites for hydroxylation is 3. The maximum Gasteiger partial charge on any atom is 0.408 e. The first-order valence-electron chi connectivity index (χ1n) is 13.3. The highest BCUT2D eigenvalue weighted by molar-refractivity contribution is 6.00. The Bertz CT molecular complexity index is 1210. The van der Waals surface area contributed by atoms with Gasteiger partial charge in [0.05, 0.1) is 0 Å². The van der Waals surface area contributed by atoms with Crippen molar-refractivity contribution in [2.24, 2.45) is 5.73 Å². The standard InChI is InChI=1S/C30H40N4O5/c1-18-10-7-8-13-22(18)26(27(36)33-25-19(2)11-9-12-20(25)3)34(21-14-15-21)28(37)23(16-17-24(31)35)32-29(38)39-30(4,5)6/h7-13,21,23,26H,14-17H2,1-6H3,(H2,31,35)(H,32,38)(H,33,36). The molecule has 0 heterocycles. The molecule has 4 amide bonds. The normalized spacial score (nSPS) is 14.6. The molecule has 0 bridgehead atoms. The number of benzene rings is 2. The van der Waals surface area contributed by atoms with Crippen molar-refractivity contribution in [1.29, 1.82) is 0 Å². The summed E-state index contributed by atoms with van der Waals surface area (Å²) >= 11 is 0. The van der Waals surface area contributed by atoms with E-state index in [9.17, 15) is 19.2 Å². The molecule has 9 nitrogen and oxygen atoms in total. The van der Waals surface area contributed by atoms with Gasteiger partial charge in [-0.05, 0) is 83.1 Å². The van der Waals surface area contributed by atoms with E-state index in [2.05, 4.69) is 10.6 Å². The number of anilines is 1. The van der Waals surface area contributed by atoms with Gasteiger partial charge in [-0.3, -0.25) is 14.4 Å². The van der Waals surface area contributed by atoms with Crippen LogP contribution in [0, 0.1) is 20.8 Å². The number of para-hydroxylation sites is 1. The monoisotopic (exact) mass is 536 g/mol. The first-order chi connectivity index (χ1) is 18.3. The summed E-state index contributed by atoms with van der Waals surface area (Å²) in [5.41, 5.74) is 8.64. The summed E-state index contributed by atoms with van der Waals surface area (Å²) in [5, 5.41) is 5.69. The number of hydrogen-bond donors (Lipinski definition) is 3. The summed E-state index contributed by atoms with van der Waals surface area (Å²) in [7, 11) is 0.